The molecular weight excluding hydrogens is 250 g/mol. The maximum absolute atomic E-state index is 11.8. The Kier molecular flexibility index (Phi) is 6.01. The highest BCUT2D eigenvalue weighted by Crippen LogP contribution is 1.99. The van der Waals surface area contributed by atoms with Crippen molar-refractivity contribution in [1.82, 2.24) is 15.1 Å². The van der Waals surface area contributed by atoms with E-state index in [-0.39, 0.29) is 24.2 Å². The third kappa shape index (κ3) is 5.52. The van der Waals surface area contributed by atoms with Crippen molar-refractivity contribution in [2.45, 2.75) is 32.9 Å². The minimum absolute atomic E-state index is 0.174. The van der Waals surface area contributed by atoms with Crippen LogP contribution in [0.1, 0.15) is 30.8 Å². The van der Waals surface area contributed by atoms with Gasteiger partial charge in [0, 0.05) is 19.3 Å². The summed E-state index contributed by atoms with van der Waals surface area (Å²) in [7, 11) is 0. The van der Waals surface area contributed by atoms with Crippen LogP contribution in [0.2, 0.25) is 0 Å². The maximum Gasteiger partial charge on any atom is 0.325 e. The van der Waals surface area contributed by atoms with Gasteiger partial charge in [0.25, 0.3) is 5.91 Å². The number of nitrogens with one attached hydrogen (secondary N) is 1. The van der Waals surface area contributed by atoms with E-state index in [9.17, 15) is 9.59 Å². The molecule has 0 saturated carbocycles. The van der Waals surface area contributed by atoms with Crippen LogP contribution in [-0.2, 0) is 16.1 Å². The fraction of sp³-hybridized carbons (Fsp3) is 0.583. The number of carbonyl (C=O) groups is 2. The molecule has 7 heteroatoms. The fourth-order valence-electron chi connectivity index (χ4n) is 1.46. The lowest BCUT2D eigenvalue weighted by molar-refractivity contribution is -0.137. The number of aliphatic carboxylic acids is 1. The van der Waals surface area contributed by atoms with Crippen molar-refractivity contribution < 1.29 is 19.4 Å². The Balaban J connectivity index is 2.37. The van der Waals surface area contributed by atoms with Crippen molar-refractivity contribution in [3.8, 4) is 0 Å². The van der Waals surface area contributed by atoms with Crippen molar-refractivity contribution in [3.05, 3.63) is 18.0 Å². The fourth-order valence-corrected chi connectivity index (χ4v) is 1.46. The lowest BCUT2D eigenvalue weighted by Crippen LogP contribution is -2.28. The summed E-state index contributed by atoms with van der Waals surface area (Å²) in [5.74, 6) is -1.37. The average Bonchev–Trinajstić information content (AvgIpc) is 2.75. The van der Waals surface area contributed by atoms with Gasteiger partial charge in [-0.05, 0) is 26.3 Å². The number of carboxylic acids is 1. The van der Waals surface area contributed by atoms with Crippen molar-refractivity contribution in [2.24, 2.45) is 0 Å². The van der Waals surface area contributed by atoms with E-state index in [0.717, 1.165) is 4.68 Å². The van der Waals surface area contributed by atoms with Crippen LogP contribution in [0.5, 0.6) is 0 Å². The highest BCUT2D eigenvalue weighted by molar-refractivity contribution is 5.92. The van der Waals surface area contributed by atoms with Crippen LogP contribution in [-0.4, -0.2) is 46.0 Å². The molecule has 1 aromatic heterocycles. The summed E-state index contributed by atoms with van der Waals surface area (Å²) in [6, 6.07) is 1.49. The molecule has 0 saturated heterocycles. The van der Waals surface area contributed by atoms with E-state index < -0.39 is 5.97 Å². The molecule has 0 atom stereocenters. The van der Waals surface area contributed by atoms with Gasteiger partial charge in [0.2, 0.25) is 0 Å². The van der Waals surface area contributed by atoms with Crippen LogP contribution < -0.4 is 5.32 Å². The molecule has 0 spiro atoms. The number of hydrogen-bond acceptors (Lipinski definition) is 4. The SMILES string of the molecule is CC(C)OCCCNC(=O)c1ccnn1CC(=O)O. The molecule has 1 aromatic rings. The lowest BCUT2D eigenvalue weighted by atomic mass is 10.3. The van der Waals surface area contributed by atoms with E-state index in [0.29, 0.717) is 19.6 Å². The molecule has 0 unspecified atom stereocenters. The normalized spacial score (nSPS) is 10.7. The Hall–Kier alpha value is -1.89. The minimum Gasteiger partial charge on any atom is -0.480 e. The average molecular weight is 269 g/mol. The van der Waals surface area contributed by atoms with Gasteiger partial charge in [0.15, 0.2) is 0 Å². The van der Waals surface area contributed by atoms with Crippen LogP contribution in [0.15, 0.2) is 12.3 Å². The van der Waals surface area contributed by atoms with Crippen LogP contribution >= 0.6 is 0 Å². The van der Waals surface area contributed by atoms with Crippen molar-refractivity contribution in [2.75, 3.05) is 13.2 Å². The molecule has 0 aliphatic heterocycles. The van der Waals surface area contributed by atoms with Gasteiger partial charge < -0.3 is 15.2 Å². The summed E-state index contributed by atoms with van der Waals surface area (Å²) in [4.78, 5) is 22.4. The summed E-state index contributed by atoms with van der Waals surface area (Å²) in [5.41, 5.74) is 0.243. The van der Waals surface area contributed by atoms with Gasteiger partial charge in [0.05, 0.1) is 6.10 Å². The van der Waals surface area contributed by atoms with Crippen molar-refractivity contribution in [3.63, 3.8) is 0 Å². The van der Waals surface area contributed by atoms with E-state index in [1.165, 1.54) is 12.3 Å². The number of nitrogens with zero attached hydrogens (tertiary/aromatic N) is 2. The second kappa shape index (κ2) is 7.52. The predicted molar refractivity (Wildman–Crippen MR) is 67.9 cm³/mol. The molecule has 106 valence electrons. The largest absolute Gasteiger partial charge is 0.480 e. The standard InChI is InChI=1S/C12H19N3O4/c1-9(2)19-7-3-5-13-12(18)10-4-6-14-15(10)8-11(16)17/h4,6,9H,3,5,7-8H2,1-2H3,(H,13,18)(H,16,17). The zero-order valence-electron chi connectivity index (χ0n) is 11.1. The van der Waals surface area contributed by atoms with Crippen LogP contribution in [0.3, 0.4) is 0 Å². The monoisotopic (exact) mass is 269 g/mol. The number of ether oxygens (including phenoxy) is 1. The molecule has 19 heavy (non-hydrogen) atoms. The Morgan fingerprint density at radius 2 is 2.26 bits per heavy atom. The first-order chi connectivity index (χ1) is 9.00. The lowest BCUT2D eigenvalue weighted by Gasteiger charge is -2.08. The summed E-state index contributed by atoms with van der Waals surface area (Å²) in [6.45, 7) is 4.62. The molecule has 0 aliphatic rings. The van der Waals surface area contributed by atoms with Crippen molar-refractivity contribution >= 4 is 11.9 Å². The second-order valence-electron chi connectivity index (χ2n) is 4.30. The second-order valence-corrected chi connectivity index (χ2v) is 4.30. The van der Waals surface area contributed by atoms with E-state index in [1.807, 2.05) is 13.8 Å². The van der Waals surface area contributed by atoms with Gasteiger partial charge >= 0.3 is 5.97 Å². The molecule has 0 aromatic carbocycles. The van der Waals surface area contributed by atoms with E-state index in [2.05, 4.69) is 10.4 Å². The zero-order valence-corrected chi connectivity index (χ0v) is 11.1. The maximum atomic E-state index is 11.8. The van der Waals surface area contributed by atoms with Gasteiger partial charge in [-0.25, -0.2) is 4.68 Å². The number of carboxylic acid groups (broad SMARTS) is 1. The highest BCUT2D eigenvalue weighted by atomic mass is 16.5. The smallest absolute Gasteiger partial charge is 0.325 e. The summed E-state index contributed by atoms with van der Waals surface area (Å²) in [5, 5.41) is 15.2. The Labute approximate surface area is 111 Å². The number of amides is 1. The predicted octanol–water partition coefficient (Wildman–Crippen LogP) is 0.513. The Morgan fingerprint density at radius 3 is 2.89 bits per heavy atom. The zero-order chi connectivity index (χ0) is 14.3. The van der Waals surface area contributed by atoms with Crippen LogP contribution in [0, 0.1) is 0 Å². The number of hydrogen-bond donors (Lipinski definition) is 2. The third-order valence-corrected chi connectivity index (χ3v) is 2.29. The first-order valence-electron chi connectivity index (χ1n) is 6.14. The molecule has 0 bridgehead atoms. The summed E-state index contributed by atoms with van der Waals surface area (Å²) < 4.78 is 6.50. The Bertz CT molecular complexity index is 428. The molecule has 0 radical (unpaired) electrons. The topological polar surface area (TPSA) is 93.5 Å². The van der Waals surface area contributed by atoms with E-state index >= 15 is 0 Å². The molecule has 2 N–H and O–H groups in total. The first-order valence-corrected chi connectivity index (χ1v) is 6.14. The third-order valence-electron chi connectivity index (χ3n) is 2.29. The van der Waals surface area contributed by atoms with Gasteiger partial charge in [-0.15, -0.1) is 0 Å². The number of rotatable bonds is 8. The van der Waals surface area contributed by atoms with Gasteiger partial charge in [-0.2, -0.15) is 5.10 Å². The van der Waals surface area contributed by atoms with E-state index in [1.54, 1.807) is 0 Å². The number of carbonyl (C=O) groups excluding carboxylic acids is 1. The molecule has 1 heterocycles. The van der Waals surface area contributed by atoms with Gasteiger partial charge in [-0.3, -0.25) is 9.59 Å². The Morgan fingerprint density at radius 1 is 1.53 bits per heavy atom. The van der Waals surface area contributed by atoms with Gasteiger partial charge in [0.1, 0.15) is 12.2 Å². The molecule has 0 aliphatic carbocycles. The van der Waals surface area contributed by atoms with Crippen LogP contribution in [0.25, 0.3) is 0 Å². The van der Waals surface area contributed by atoms with Crippen molar-refractivity contribution in [1.29, 1.82) is 0 Å². The molecule has 1 rings (SSSR count). The minimum atomic E-state index is -1.04. The molecular formula is C12H19N3O4. The first kappa shape index (κ1) is 15.2. The van der Waals surface area contributed by atoms with Gasteiger partial charge in [-0.1, -0.05) is 0 Å². The quantitative estimate of drug-likeness (QED) is 0.671. The summed E-state index contributed by atoms with van der Waals surface area (Å²) >= 11 is 0. The molecule has 1 amide bonds. The van der Waals surface area contributed by atoms with E-state index in [4.69, 9.17) is 9.84 Å². The highest BCUT2D eigenvalue weighted by Gasteiger charge is 2.13. The summed E-state index contributed by atoms with van der Waals surface area (Å²) in [6.07, 6.45) is 2.28. The molecule has 7 nitrogen and oxygen atoms in total. The van der Waals surface area contributed by atoms with Crippen LogP contribution in [0.4, 0.5) is 0 Å². The molecule has 0 fully saturated rings. The number of aromatic nitrogens is 2.